The van der Waals surface area contributed by atoms with Crippen molar-refractivity contribution in [1.29, 1.82) is 0 Å². The molecule has 3 heterocycles. The lowest BCUT2D eigenvalue weighted by Gasteiger charge is -2.47. The summed E-state index contributed by atoms with van der Waals surface area (Å²) in [5.74, 6) is -7.78. The number of Topliss-reactive ketones (excluding diaryl/α,β-unsaturated/α-hetero) is 2. The topological polar surface area (TPSA) is 199 Å². The summed E-state index contributed by atoms with van der Waals surface area (Å²) < 4.78 is 29.4. The van der Waals surface area contributed by atoms with Crippen molar-refractivity contribution in [3.63, 3.8) is 0 Å². The first-order chi connectivity index (χ1) is 27.0. The average Bonchev–Trinajstić information content (AvgIpc) is 3.18. The minimum Gasteiger partial charge on any atom is -0.453 e. The van der Waals surface area contributed by atoms with Crippen LogP contribution in [0.3, 0.4) is 0 Å². The van der Waals surface area contributed by atoms with E-state index in [2.05, 4.69) is 6.58 Å². The number of rotatable bonds is 7. The molecular formula is C43H67NO13. The highest BCUT2D eigenvalue weighted by Crippen LogP contribution is 2.39. The smallest absolute Gasteiger partial charge is 0.329 e. The van der Waals surface area contributed by atoms with Gasteiger partial charge in [-0.3, -0.25) is 14.4 Å². The number of allylic oxidation sites excluding steroid dienone is 4. The quantitative estimate of drug-likeness (QED) is 0.166. The summed E-state index contributed by atoms with van der Waals surface area (Å²) in [7, 11) is 4.53. The van der Waals surface area contributed by atoms with Gasteiger partial charge in [-0.25, -0.2) is 4.79 Å². The molecule has 3 fully saturated rings. The van der Waals surface area contributed by atoms with Gasteiger partial charge in [0.2, 0.25) is 5.79 Å². The molecule has 14 heteroatoms. The Kier molecular flexibility index (Phi) is 17.2. The van der Waals surface area contributed by atoms with Gasteiger partial charge < -0.3 is 49.0 Å². The highest BCUT2D eigenvalue weighted by Gasteiger charge is 2.56. The number of amides is 1. The number of aliphatic hydroxyl groups excluding tert-OH is 3. The average molecular weight is 806 g/mol. The van der Waals surface area contributed by atoms with E-state index < -0.39 is 96.6 Å². The van der Waals surface area contributed by atoms with Gasteiger partial charge in [-0.2, -0.15) is 0 Å². The number of fused-ring (bicyclic) bond motifs is 3. The molecule has 14 unspecified atom stereocenters. The minimum absolute atomic E-state index is 0.0240. The molecule has 14 atom stereocenters. The van der Waals surface area contributed by atoms with Crippen molar-refractivity contribution in [3.05, 3.63) is 36.0 Å². The summed E-state index contributed by atoms with van der Waals surface area (Å²) in [4.78, 5) is 57.4. The summed E-state index contributed by atoms with van der Waals surface area (Å²) in [6.07, 6.45) is 0.943. The van der Waals surface area contributed by atoms with E-state index in [4.69, 9.17) is 23.7 Å². The maximum absolute atomic E-state index is 14.2. The number of cyclic esters (lactones) is 1. The molecule has 14 nitrogen and oxygen atoms in total. The van der Waals surface area contributed by atoms with Crippen molar-refractivity contribution >= 4 is 23.4 Å². The monoisotopic (exact) mass is 805 g/mol. The third-order valence-corrected chi connectivity index (χ3v) is 12.5. The van der Waals surface area contributed by atoms with E-state index in [-0.39, 0.29) is 37.0 Å². The highest BCUT2D eigenvalue weighted by molar-refractivity contribution is 6.39. The van der Waals surface area contributed by atoms with Gasteiger partial charge in [0, 0.05) is 46.1 Å². The number of carbonyl (C=O) groups excluding carboxylic acids is 4. The zero-order chi connectivity index (χ0) is 42.2. The minimum atomic E-state index is -2.55. The predicted octanol–water partition coefficient (Wildman–Crippen LogP) is 3.36. The summed E-state index contributed by atoms with van der Waals surface area (Å²) in [6, 6.07) is -1.25. The second-order valence-electron chi connectivity index (χ2n) is 16.9. The first kappa shape index (κ1) is 46.9. The van der Waals surface area contributed by atoms with Gasteiger partial charge in [0.15, 0.2) is 6.10 Å². The normalized spacial score (nSPS) is 41.0. The molecular weight excluding hydrogens is 738 g/mol. The van der Waals surface area contributed by atoms with Crippen molar-refractivity contribution < 1.29 is 63.3 Å². The maximum atomic E-state index is 14.2. The molecule has 0 aromatic heterocycles. The van der Waals surface area contributed by atoms with E-state index in [0.29, 0.717) is 56.9 Å². The number of carbonyl (C=O) groups is 4. The third-order valence-electron chi connectivity index (χ3n) is 12.5. The van der Waals surface area contributed by atoms with Crippen molar-refractivity contribution in [1.82, 2.24) is 4.90 Å². The van der Waals surface area contributed by atoms with Crippen LogP contribution in [-0.2, 0) is 42.9 Å². The lowest BCUT2D eigenvalue weighted by molar-refractivity contribution is -0.302. The van der Waals surface area contributed by atoms with E-state index in [0.717, 1.165) is 10.5 Å². The fraction of sp³-hybridized carbons (Fsp3) is 0.767. The highest BCUT2D eigenvalue weighted by atomic mass is 16.7. The van der Waals surface area contributed by atoms with Crippen LogP contribution >= 0.6 is 0 Å². The Morgan fingerprint density at radius 2 is 1.60 bits per heavy atom. The second-order valence-corrected chi connectivity index (χ2v) is 16.9. The largest absolute Gasteiger partial charge is 0.453 e. The predicted molar refractivity (Wildman–Crippen MR) is 209 cm³/mol. The van der Waals surface area contributed by atoms with Crippen molar-refractivity contribution in [3.8, 4) is 0 Å². The number of ketones is 2. The van der Waals surface area contributed by atoms with Crippen molar-refractivity contribution in [2.75, 3.05) is 27.9 Å². The van der Waals surface area contributed by atoms with Gasteiger partial charge in [-0.15, -0.1) is 6.58 Å². The van der Waals surface area contributed by atoms with Gasteiger partial charge in [0.25, 0.3) is 11.7 Å². The second kappa shape index (κ2) is 20.9. The van der Waals surface area contributed by atoms with Crippen LogP contribution < -0.4 is 0 Å². The Morgan fingerprint density at radius 3 is 2.25 bits per heavy atom. The van der Waals surface area contributed by atoms with E-state index in [1.165, 1.54) is 21.3 Å². The Hall–Kier alpha value is -2.82. The lowest BCUT2D eigenvalue weighted by Crippen LogP contribution is -2.64. The van der Waals surface area contributed by atoms with Crippen LogP contribution in [-0.4, -0.2) is 137 Å². The third kappa shape index (κ3) is 11.3. The molecule has 322 valence electrons. The number of esters is 1. The van der Waals surface area contributed by atoms with Gasteiger partial charge in [-0.1, -0.05) is 37.6 Å². The fourth-order valence-electron chi connectivity index (χ4n) is 9.18. The molecule has 57 heavy (non-hydrogen) atoms. The van der Waals surface area contributed by atoms with Gasteiger partial charge in [0.1, 0.15) is 24.0 Å². The molecule has 1 saturated carbocycles. The van der Waals surface area contributed by atoms with E-state index >= 15 is 0 Å². The van der Waals surface area contributed by atoms with E-state index in [1.54, 1.807) is 19.9 Å². The molecule has 2 saturated heterocycles. The SMILES string of the molecule is C=CCC1/C=C(\C)CC(C)CC(OC)C2OC(O)(C(=O)C(=O)N3CCCCC3C(=O)OC(/C(C)=C/C3CCC(O)C(OC)C3)C(O)C(O)CC1=O)C(C)CC2OC. The van der Waals surface area contributed by atoms with Crippen molar-refractivity contribution in [2.45, 2.75) is 159 Å². The van der Waals surface area contributed by atoms with Gasteiger partial charge in [0.05, 0.1) is 30.5 Å². The molecule has 0 spiro atoms. The van der Waals surface area contributed by atoms with Gasteiger partial charge >= 0.3 is 5.97 Å². The first-order valence-electron chi connectivity index (χ1n) is 20.6. The first-order valence-corrected chi connectivity index (χ1v) is 20.6. The molecule has 1 aliphatic carbocycles. The van der Waals surface area contributed by atoms with Crippen molar-refractivity contribution in [2.24, 2.45) is 23.7 Å². The Balaban J connectivity index is 1.78. The number of methoxy groups -OCH3 is 3. The zero-order valence-electron chi connectivity index (χ0n) is 34.8. The van der Waals surface area contributed by atoms with E-state index in [1.807, 2.05) is 26.0 Å². The van der Waals surface area contributed by atoms with Crippen LogP contribution in [0.4, 0.5) is 0 Å². The van der Waals surface area contributed by atoms with Crippen LogP contribution in [0.5, 0.6) is 0 Å². The Morgan fingerprint density at radius 1 is 0.930 bits per heavy atom. The molecule has 0 aromatic carbocycles. The molecule has 0 aromatic rings. The summed E-state index contributed by atoms with van der Waals surface area (Å²) in [5.41, 5.74) is 1.30. The summed E-state index contributed by atoms with van der Waals surface area (Å²) in [6.45, 7) is 11.0. The summed E-state index contributed by atoms with van der Waals surface area (Å²) in [5, 5.41) is 45.5. The lowest BCUT2D eigenvalue weighted by atomic mass is 9.82. The van der Waals surface area contributed by atoms with Gasteiger partial charge in [-0.05, 0) is 95.5 Å². The Bertz CT molecular complexity index is 1480. The van der Waals surface area contributed by atoms with Crippen LogP contribution in [0.25, 0.3) is 0 Å². The number of hydrogen-bond acceptors (Lipinski definition) is 13. The number of aliphatic hydroxyl groups is 4. The molecule has 4 N–H and O–H groups in total. The Labute approximate surface area is 337 Å². The fourth-order valence-corrected chi connectivity index (χ4v) is 9.18. The molecule has 2 bridgehead atoms. The zero-order valence-corrected chi connectivity index (χ0v) is 34.8. The molecule has 4 rings (SSSR count). The molecule has 1 amide bonds. The van der Waals surface area contributed by atoms with Crippen LogP contribution in [0.1, 0.15) is 98.3 Å². The number of hydrogen-bond donors (Lipinski definition) is 4. The maximum Gasteiger partial charge on any atom is 0.329 e. The molecule has 3 aliphatic heterocycles. The summed E-state index contributed by atoms with van der Waals surface area (Å²) >= 11 is 0. The number of ether oxygens (including phenoxy) is 5. The van der Waals surface area contributed by atoms with Crippen LogP contribution in [0.15, 0.2) is 36.0 Å². The number of nitrogens with zero attached hydrogens (tertiary/aromatic N) is 1. The van der Waals surface area contributed by atoms with Crippen LogP contribution in [0, 0.1) is 23.7 Å². The molecule has 4 aliphatic rings. The van der Waals surface area contributed by atoms with E-state index in [9.17, 15) is 39.6 Å². The standard InChI is InChI=1S/C43H67NO13/c1-9-12-29-18-24(2)17-25(3)19-35(54-7)39-36(55-8)21-27(5)43(52,57-39)40(49)41(50)44-16-11-10-13-30(44)42(51)56-38(37(48)33(47)23-32(29)46)26(4)20-28-14-15-31(45)34(22-28)53-6/h9,18,20,25,27-31,33-39,45,47-48,52H,1,10-17,19,21-23H2,2-8H3/b24-18+,26-20+. The number of piperidine rings is 1. The molecule has 0 radical (unpaired) electrons. The van der Waals surface area contributed by atoms with Crippen LogP contribution in [0.2, 0.25) is 0 Å².